The van der Waals surface area contributed by atoms with Gasteiger partial charge in [-0.25, -0.2) is 0 Å². The van der Waals surface area contributed by atoms with E-state index in [0.717, 1.165) is 37.9 Å². The van der Waals surface area contributed by atoms with E-state index in [0.29, 0.717) is 24.4 Å². The van der Waals surface area contributed by atoms with Crippen LogP contribution in [0.1, 0.15) is 49.1 Å². The zero-order chi connectivity index (χ0) is 19.1. The number of hydrogen-bond acceptors (Lipinski definition) is 5. The number of ether oxygens (including phenoxy) is 2. The molecule has 0 radical (unpaired) electrons. The maximum atomic E-state index is 12.8. The third-order valence-electron chi connectivity index (χ3n) is 5.72. The first kappa shape index (κ1) is 17.2. The van der Waals surface area contributed by atoms with Crippen LogP contribution in [-0.2, 0) is 4.79 Å². The first-order valence-electron chi connectivity index (χ1n) is 9.81. The molecule has 0 unspecified atom stereocenters. The van der Waals surface area contributed by atoms with Crippen LogP contribution in [0.25, 0.3) is 0 Å². The van der Waals surface area contributed by atoms with Crippen LogP contribution in [0.3, 0.4) is 0 Å². The monoisotopic (exact) mass is 382 g/mol. The summed E-state index contributed by atoms with van der Waals surface area (Å²) in [6, 6.07) is 8.21. The molecule has 7 heteroatoms. The van der Waals surface area contributed by atoms with Crippen molar-refractivity contribution in [1.82, 2.24) is 4.90 Å². The van der Waals surface area contributed by atoms with Gasteiger partial charge in [-0.2, -0.15) is 0 Å². The van der Waals surface area contributed by atoms with Gasteiger partial charge < -0.3 is 24.1 Å². The lowest BCUT2D eigenvalue weighted by Gasteiger charge is -2.23. The predicted molar refractivity (Wildman–Crippen MR) is 100 cm³/mol. The van der Waals surface area contributed by atoms with Gasteiger partial charge in [0.15, 0.2) is 17.3 Å². The highest BCUT2D eigenvalue weighted by molar-refractivity contribution is 6.00. The molecule has 3 heterocycles. The number of hydrogen-bond donors (Lipinski definition) is 1. The number of furan rings is 1. The van der Waals surface area contributed by atoms with Crippen LogP contribution in [-0.4, -0.2) is 35.1 Å². The first-order valence-corrected chi connectivity index (χ1v) is 9.81. The Morgan fingerprint density at radius 3 is 2.68 bits per heavy atom. The molecule has 0 bridgehead atoms. The number of carbonyl (C=O) groups is 2. The second-order valence-corrected chi connectivity index (χ2v) is 7.61. The van der Waals surface area contributed by atoms with Crippen LogP contribution in [0.15, 0.2) is 41.0 Å². The smallest absolute Gasteiger partial charge is 0.290 e. The number of fused-ring (bicyclic) bond motifs is 1. The van der Waals surface area contributed by atoms with Gasteiger partial charge in [0.1, 0.15) is 6.04 Å². The van der Waals surface area contributed by atoms with Crippen LogP contribution in [0, 0.1) is 0 Å². The minimum atomic E-state index is -0.525. The largest absolute Gasteiger partial charge is 0.459 e. The fourth-order valence-electron chi connectivity index (χ4n) is 4.34. The summed E-state index contributed by atoms with van der Waals surface area (Å²) in [6.45, 7) is 0.543. The molecule has 146 valence electrons. The van der Waals surface area contributed by atoms with Gasteiger partial charge in [-0.3, -0.25) is 9.59 Å². The van der Waals surface area contributed by atoms with Crippen molar-refractivity contribution in [3.05, 3.63) is 42.4 Å². The van der Waals surface area contributed by atoms with Crippen molar-refractivity contribution in [3.8, 4) is 11.5 Å². The number of amides is 2. The van der Waals surface area contributed by atoms with Crippen LogP contribution in [0.4, 0.5) is 5.69 Å². The molecule has 2 amide bonds. The standard InChI is InChI=1S/C21H22N2O5/c24-19(15-5-3-11-23(15)20(25)17-6-4-12-26-17)22-14-7-8-16-18(13-14)28-21(27-16)9-1-2-10-21/h4,6-8,12-13,15H,1-3,5,9-11H2,(H,22,24)/t15-/m0/s1. The van der Waals surface area contributed by atoms with Gasteiger partial charge in [0.05, 0.1) is 6.26 Å². The topological polar surface area (TPSA) is 81.0 Å². The summed E-state index contributed by atoms with van der Waals surface area (Å²) in [5.74, 6) is 0.654. The van der Waals surface area contributed by atoms with Crippen LogP contribution < -0.4 is 14.8 Å². The maximum Gasteiger partial charge on any atom is 0.290 e. The van der Waals surface area contributed by atoms with E-state index in [1.807, 2.05) is 12.1 Å². The predicted octanol–water partition coefficient (Wildman–Crippen LogP) is 3.56. The minimum absolute atomic E-state index is 0.202. The molecular weight excluding hydrogens is 360 g/mol. The quantitative estimate of drug-likeness (QED) is 0.878. The van der Waals surface area contributed by atoms with E-state index >= 15 is 0 Å². The molecule has 1 N–H and O–H groups in total. The number of nitrogens with zero attached hydrogens (tertiary/aromatic N) is 1. The molecule has 1 aromatic carbocycles. The second kappa shape index (κ2) is 6.58. The maximum absolute atomic E-state index is 12.8. The van der Waals surface area contributed by atoms with E-state index in [1.54, 1.807) is 23.1 Å². The van der Waals surface area contributed by atoms with Gasteiger partial charge in [-0.1, -0.05) is 0 Å². The molecule has 1 aliphatic carbocycles. The molecule has 1 saturated carbocycles. The minimum Gasteiger partial charge on any atom is -0.459 e. The molecular formula is C21H22N2O5. The van der Waals surface area contributed by atoms with Crippen LogP contribution >= 0.6 is 0 Å². The SMILES string of the molecule is O=C(Nc1ccc2c(c1)OC1(CCCC1)O2)[C@@H]1CCCN1C(=O)c1ccco1. The molecule has 2 aliphatic heterocycles. The third-order valence-corrected chi connectivity index (χ3v) is 5.72. The van der Waals surface area contributed by atoms with Crippen molar-refractivity contribution >= 4 is 17.5 Å². The Kier molecular flexibility index (Phi) is 4.03. The van der Waals surface area contributed by atoms with Crippen molar-refractivity contribution in [2.45, 2.75) is 50.4 Å². The number of benzene rings is 1. The van der Waals surface area contributed by atoms with Crippen molar-refractivity contribution in [2.24, 2.45) is 0 Å². The fourth-order valence-corrected chi connectivity index (χ4v) is 4.34. The van der Waals surface area contributed by atoms with E-state index in [1.165, 1.54) is 6.26 Å². The number of nitrogens with one attached hydrogen (secondary N) is 1. The van der Waals surface area contributed by atoms with Crippen molar-refractivity contribution in [1.29, 1.82) is 0 Å². The first-order chi connectivity index (χ1) is 13.6. The summed E-state index contributed by atoms with van der Waals surface area (Å²) >= 11 is 0. The highest BCUT2D eigenvalue weighted by Crippen LogP contribution is 2.47. The molecule has 7 nitrogen and oxygen atoms in total. The van der Waals surface area contributed by atoms with E-state index in [4.69, 9.17) is 13.9 Å². The van der Waals surface area contributed by atoms with Gasteiger partial charge >= 0.3 is 0 Å². The lowest BCUT2D eigenvalue weighted by Crippen LogP contribution is -2.43. The third kappa shape index (κ3) is 2.91. The Morgan fingerprint density at radius 1 is 1.07 bits per heavy atom. The average molecular weight is 382 g/mol. The lowest BCUT2D eigenvalue weighted by atomic mass is 10.2. The molecule has 1 saturated heterocycles. The zero-order valence-corrected chi connectivity index (χ0v) is 15.5. The molecule has 28 heavy (non-hydrogen) atoms. The van der Waals surface area contributed by atoms with E-state index in [9.17, 15) is 9.59 Å². The van der Waals surface area contributed by atoms with Gasteiger partial charge in [0.2, 0.25) is 5.91 Å². The van der Waals surface area contributed by atoms with Crippen LogP contribution in [0.5, 0.6) is 11.5 Å². The van der Waals surface area contributed by atoms with E-state index < -0.39 is 11.8 Å². The Bertz CT molecular complexity index is 902. The molecule has 1 atom stereocenters. The number of anilines is 1. The molecule has 1 aromatic heterocycles. The van der Waals surface area contributed by atoms with Crippen LogP contribution in [0.2, 0.25) is 0 Å². The molecule has 3 aliphatic rings. The summed E-state index contributed by atoms with van der Waals surface area (Å²) in [5, 5.41) is 2.92. The Labute approximate surface area is 162 Å². The zero-order valence-electron chi connectivity index (χ0n) is 15.5. The number of rotatable bonds is 3. The molecule has 5 rings (SSSR count). The Balaban J connectivity index is 1.29. The molecule has 1 spiro atoms. The van der Waals surface area contributed by atoms with Gasteiger partial charge in [0, 0.05) is 31.1 Å². The average Bonchev–Trinajstić information content (AvgIpc) is 3.48. The fraction of sp³-hybridized carbons (Fsp3) is 0.429. The Morgan fingerprint density at radius 2 is 1.89 bits per heavy atom. The lowest BCUT2D eigenvalue weighted by molar-refractivity contribution is -0.119. The number of carbonyl (C=O) groups excluding carboxylic acids is 2. The van der Waals surface area contributed by atoms with E-state index in [-0.39, 0.29) is 17.6 Å². The summed E-state index contributed by atoms with van der Waals surface area (Å²) in [6.07, 6.45) is 6.84. The normalized spacial score (nSPS) is 22.0. The number of likely N-dealkylation sites (tertiary alicyclic amines) is 1. The molecule has 2 aromatic rings. The van der Waals surface area contributed by atoms with Gasteiger partial charge in [-0.05, 0) is 49.9 Å². The van der Waals surface area contributed by atoms with E-state index in [2.05, 4.69) is 5.32 Å². The summed E-state index contributed by atoms with van der Waals surface area (Å²) < 4.78 is 17.3. The van der Waals surface area contributed by atoms with Crippen molar-refractivity contribution in [2.75, 3.05) is 11.9 Å². The highest BCUT2D eigenvalue weighted by atomic mass is 16.7. The highest BCUT2D eigenvalue weighted by Gasteiger charge is 2.44. The second-order valence-electron chi connectivity index (χ2n) is 7.61. The Hall–Kier alpha value is -2.96. The molecule has 2 fully saturated rings. The summed E-state index contributed by atoms with van der Waals surface area (Å²) in [4.78, 5) is 27.0. The van der Waals surface area contributed by atoms with Gasteiger partial charge in [-0.15, -0.1) is 0 Å². The van der Waals surface area contributed by atoms with Crippen molar-refractivity contribution < 1.29 is 23.5 Å². The summed E-state index contributed by atoms with van der Waals surface area (Å²) in [5.41, 5.74) is 0.639. The van der Waals surface area contributed by atoms with Crippen molar-refractivity contribution in [3.63, 3.8) is 0 Å². The van der Waals surface area contributed by atoms with Gasteiger partial charge in [0.25, 0.3) is 11.7 Å². The summed E-state index contributed by atoms with van der Waals surface area (Å²) in [7, 11) is 0.